The minimum absolute atomic E-state index is 0.0807. The van der Waals surface area contributed by atoms with Crippen LogP contribution in [0.15, 0.2) is 67.0 Å². The highest BCUT2D eigenvalue weighted by Crippen LogP contribution is 2.61. The number of hydrogen-bond acceptors (Lipinski definition) is 3. The van der Waals surface area contributed by atoms with Crippen molar-refractivity contribution in [2.75, 3.05) is 13.1 Å². The molecular weight excluding hydrogens is 432 g/mol. The number of fused-ring (bicyclic) bond motifs is 8. The van der Waals surface area contributed by atoms with E-state index in [1.165, 1.54) is 11.1 Å². The van der Waals surface area contributed by atoms with Gasteiger partial charge in [0.25, 0.3) is 0 Å². The van der Waals surface area contributed by atoms with E-state index in [0.717, 1.165) is 36.0 Å². The molecule has 0 saturated carbocycles. The van der Waals surface area contributed by atoms with Crippen LogP contribution in [-0.4, -0.2) is 34.0 Å². The number of rotatable bonds is 3. The number of benzene rings is 2. The van der Waals surface area contributed by atoms with E-state index in [1.807, 2.05) is 42.2 Å². The van der Waals surface area contributed by atoms with E-state index in [-0.39, 0.29) is 17.7 Å². The molecule has 3 atom stereocenters. The van der Waals surface area contributed by atoms with Gasteiger partial charge in [-0.2, -0.15) is 0 Å². The number of carbonyl (C=O) groups is 1. The van der Waals surface area contributed by atoms with Crippen LogP contribution in [0.5, 0.6) is 0 Å². The fourth-order valence-corrected chi connectivity index (χ4v) is 6.75. The van der Waals surface area contributed by atoms with Crippen LogP contribution in [-0.2, 0) is 15.8 Å². The highest BCUT2D eigenvalue weighted by atomic mass is 35.5. The summed E-state index contributed by atoms with van der Waals surface area (Å²) in [4.78, 5) is 20.5. The zero-order chi connectivity index (χ0) is 22.8. The third-order valence-electron chi connectivity index (χ3n) is 8.35. The highest BCUT2D eigenvalue weighted by molar-refractivity contribution is 6.30. The van der Waals surface area contributed by atoms with E-state index in [4.69, 9.17) is 11.6 Å². The van der Waals surface area contributed by atoms with E-state index >= 15 is 0 Å². The van der Waals surface area contributed by atoms with Gasteiger partial charge in [0.05, 0.1) is 5.60 Å². The molecule has 1 amide bonds. The Kier molecular flexibility index (Phi) is 4.69. The van der Waals surface area contributed by atoms with Crippen molar-refractivity contribution in [1.82, 2.24) is 9.88 Å². The molecule has 3 aliphatic rings. The average molecular weight is 459 g/mol. The molecule has 33 heavy (non-hydrogen) atoms. The smallest absolute Gasteiger partial charge is 0.237 e. The maximum atomic E-state index is 14.3. The second-order valence-corrected chi connectivity index (χ2v) is 10.4. The van der Waals surface area contributed by atoms with Crippen LogP contribution in [0.3, 0.4) is 0 Å². The Labute approximate surface area is 199 Å². The molecule has 1 N–H and O–H groups in total. The first-order chi connectivity index (χ1) is 15.9. The second kappa shape index (κ2) is 7.41. The minimum atomic E-state index is -0.958. The molecule has 0 spiro atoms. The monoisotopic (exact) mass is 458 g/mol. The first kappa shape index (κ1) is 20.9. The SMILES string of the molecule is C[C@](O)(c1cccnc1)C1CCN(C(=O)[C@@]23C[C@@H](c4ccccc42)c2ccc(Cl)cc23)CC1. The van der Waals surface area contributed by atoms with Gasteiger partial charge in [0.15, 0.2) is 0 Å². The number of likely N-dealkylation sites (tertiary alicyclic amines) is 1. The van der Waals surface area contributed by atoms with Crippen molar-refractivity contribution in [3.8, 4) is 0 Å². The maximum Gasteiger partial charge on any atom is 0.237 e. The predicted octanol–water partition coefficient (Wildman–Crippen LogP) is 5.02. The van der Waals surface area contributed by atoms with E-state index in [1.54, 1.807) is 12.4 Å². The first-order valence-electron chi connectivity index (χ1n) is 11.7. The van der Waals surface area contributed by atoms with Gasteiger partial charge in [-0.3, -0.25) is 9.78 Å². The fraction of sp³-hybridized carbons (Fsp3) is 0.357. The molecule has 1 fully saturated rings. The van der Waals surface area contributed by atoms with Crippen molar-refractivity contribution >= 4 is 17.5 Å². The number of carbonyl (C=O) groups excluding carboxylic acids is 1. The Hall–Kier alpha value is -2.69. The summed E-state index contributed by atoms with van der Waals surface area (Å²) in [6, 6.07) is 18.2. The van der Waals surface area contributed by atoms with Gasteiger partial charge in [0.1, 0.15) is 5.41 Å². The molecular formula is C28H27ClN2O2. The Morgan fingerprint density at radius 3 is 2.61 bits per heavy atom. The molecule has 2 aromatic carbocycles. The molecule has 2 aliphatic carbocycles. The van der Waals surface area contributed by atoms with Crippen molar-refractivity contribution in [1.29, 1.82) is 0 Å². The summed E-state index contributed by atoms with van der Waals surface area (Å²) in [5, 5.41) is 12.0. The van der Waals surface area contributed by atoms with Gasteiger partial charge in [-0.05, 0) is 72.6 Å². The third kappa shape index (κ3) is 2.93. The molecule has 6 rings (SSSR count). The lowest BCUT2D eigenvalue weighted by Crippen LogP contribution is -2.51. The van der Waals surface area contributed by atoms with Gasteiger partial charge in [-0.25, -0.2) is 0 Å². The number of aliphatic hydroxyl groups is 1. The van der Waals surface area contributed by atoms with Gasteiger partial charge in [0, 0.05) is 42.0 Å². The Morgan fingerprint density at radius 1 is 1.09 bits per heavy atom. The second-order valence-electron chi connectivity index (χ2n) is 9.94. The van der Waals surface area contributed by atoms with Crippen LogP contribution in [0.25, 0.3) is 0 Å². The number of nitrogens with zero attached hydrogens (tertiary/aromatic N) is 2. The van der Waals surface area contributed by atoms with Crippen LogP contribution in [0.2, 0.25) is 5.02 Å². The van der Waals surface area contributed by atoms with Crippen LogP contribution in [0.1, 0.15) is 59.9 Å². The number of halogens is 1. The molecule has 2 bridgehead atoms. The third-order valence-corrected chi connectivity index (χ3v) is 8.58. The van der Waals surface area contributed by atoms with E-state index < -0.39 is 11.0 Å². The Morgan fingerprint density at radius 2 is 1.85 bits per heavy atom. The number of pyridine rings is 1. The summed E-state index contributed by atoms with van der Waals surface area (Å²) in [5.74, 6) is 0.511. The summed E-state index contributed by atoms with van der Waals surface area (Å²) >= 11 is 6.41. The fourth-order valence-electron chi connectivity index (χ4n) is 6.58. The molecule has 1 aliphatic heterocycles. The van der Waals surface area contributed by atoms with E-state index in [0.29, 0.717) is 18.1 Å². The van der Waals surface area contributed by atoms with Crippen molar-refractivity contribution in [2.45, 2.75) is 43.1 Å². The molecule has 4 nitrogen and oxygen atoms in total. The molecule has 168 valence electrons. The number of hydrogen-bond donors (Lipinski definition) is 1. The van der Waals surface area contributed by atoms with Gasteiger partial charge >= 0.3 is 0 Å². The highest BCUT2D eigenvalue weighted by Gasteiger charge is 2.58. The van der Waals surface area contributed by atoms with Gasteiger partial charge in [-0.1, -0.05) is 48.0 Å². The van der Waals surface area contributed by atoms with Crippen LogP contribution >= 0.6 is 11.6 Å². The molecule has 0 radical (unpaired) electrons. The molecule has 1 aromatic heterocycles. The molecule has 2 heterocycles. The quantitative estimate of drug-likeness (QED) is 0.599. The topological polar surface area (TPSA) is 53.4 Å². The average Bonchev–Trinajstić information content (AvgIpc) is 3.37. The molecule has 1 saturated heterocycles. The first-order valence-corrected chi connectivity index (χ1v) is 12.1. The largest absolute Gasteiger partial charge is 0.385 e. The summed E-state index contributed by atoms with van der Waals surface area (Å²) in [6.45, 7) is 3.16. The van der Waals surface area contributed by atoms with E-state index in [9.17, 15) is 9.90 Å². The summed E-state index contributed by atoms with van der Waals surface area (Å²) in [7, 11) is 0. The molecule has 0 unspecified atom stereocenters. The summed E-state index contributed by atoms with van der Waals surface area (Å²) < 4.78 is 0. The number of aromatic nitrogens is 1. The van der Waals surface area contributed by atoms with Crippen molar-refractivity contribution < 1.29 is 9.90 Å². The van der Waals surface area contributed by atoms with Crippen molar-refractivity contribution in [2.24, 2.45) is 5.92 Å². The zero-order valence-electron chi connectivity index (χ0n) is 18.7. The van der Waals surface area contributed by atoms with Crippen molar-refractivity contribution in [3.05, 3.63) is 99.8 Å². The predicted molar refractivity (Wildman–Crippen MR) is 128 cm³/mol. The van der Waals surface area contributed by atoms with Gasteiger partial charge < -0.3 is 10.0 Å². The lowest BCUT2D eigenvalue weighted by molar-refractivity contribution is -0.139. The lowest BCUT2D eigenvalue weighted by Gasteiger charge is -2.42. The van der Waals surface area contributed by atoms with Crippen molar-refractivity contribution in [3.63, 3.8) is 0 Å². The van der Waals surface area contributed by atoms with Crippen LogP contribution in [0.4, 0.5) is 0 Å². The summed E-state index contributed by atoms with van der Waals surface area (Å²) in [6.07, 6.45) is 5.77. The standard InChI is InChI=1S/C28H27ClN2O2/c1-27(33,19-5-4-12-30-17-19)18-10-13-31(14-11-18)26(32)28-16-23(21-6-2-3-7-24(21)28)22-9-8-20(29)15-25(22)28/h2-9,12,15,17-18,23,33H,10-11,13-14,16H2,1H3/t23-,27+,28-/m0/s1. The maximum absolute atomic E-state index is 14.3. The van der Waals surface area contributed by atoms with Gasteiger partial charge in [-0.15, -0.1) is 0 Å². The molecule has 5 heteroatoms. The van der Waals surface area contributed by atoms with Crippen LogP contribution < -0.4 is 0 Å². The number of amides is 1. The summed E-state index contributed by atoms with van der Waals surface area (Å²) in [5.41, 5.74) is 3.95. The Bertz CT molecular complexity index is 1230. The normalized spacial score (nSPS) is 25.4. The lowest BCUT2D eigenvalue weighted by atomic mass is 9.73. The van der Waals surface area contributed by atoms with Crippen LogP contribution in [0, 0.1) is 5.92 Å². The minimum Gasteiger partial charge on any atom is -0.385 e. The molecule has 3 aromatic rings. The van der Waals surface area contributed by atoms with Gasteiger partial charge in [0.2, 0.25) is 5.91 Å². The number of piperidine rings is 1. The Balaban J connectivity index is 1.31. The zero-order valence-corrected chi connectivity index (χ0v) is 19.4. The van der Waals surface area contributed by atoms with E-state index in [2.05, 4.69) is 29.2 Å².